The van der Waals surface area contributed by atoms with E-state index in [-0.39, 0.29) is 12.4 Å². The fourth-order valence-corrected chi connectivity index (χ4v) is 4.60. The highest BCUT2D eigenvalue weighted by molar-refractivity contribution is 5.84. The molecule has 0 amide bonds. The summed E-state index contributed by atoms with van der Waals surface area (Å²) in [7, 11) is 2.00. The Morgan fingerprint density at radius 3 is 2.58 bits per heavy atom. The Morgan fingerprint density at radius 2 is 1.81 bits per heavy atom. The number of piperidine rings is 1. The topological polar surface area (TPSA) is 60.1 Å². The molecule has 31 heavy (non-hydrogen) atoms. The third-order valence-electron chi connectivity index (χ3n) is 6.20. The van der Waals surface area contributed by atoms with Gasteiger partial charge in [0.05, 0.1) is 18.3 Å². The Morgan fingerprint density at radius 1 is 1.00 bits per heavy atom. The molecule has 7 heteroatoms. The van der Waals surface area contributed by atoms with Crippen molar-refractivity contribution in [1.29, 1.82) is 0 Å². The molecule has 0 saturated carbocycles. The quantitative estimate of drug-likeness (QED) is 0.580. The SMILES string of the molecule is CN(Cc1ccco1)Cc1cc2cc3c(cc2n(CCN2CCCCC2)c1=O)OCO3. The van der Waals surface area contributed by atoms with Crippen molar-refractivity contribution >= 4 is 10.9 Å². The Balaban J connectivity index is 1.47. The number of ether oxygens (including phenoxy) is 2. The fourth-order valence-electron chi connectivity index (χ4n) is 4.60. The number of aromatic nitrogens is 1. The molecule has 0 radical (unpaired) electrons. The van der Waals surface area contributed by atoms with E-state index in [1.54, 1.807) is 6.26 Å². The van der Waals surface area contributed by atoms with Gasteiger partial charge < -0.3 is 23.4 Å². The van der Waals surface area contributed by atoms with Gasteiger partial charge in [-0.2, -0.15) is 0 Å². The second-order valence-corrected chi connectivity index (χ2v) is 8.54. The van der Waals surface area contributed by atoms with E-state index in [4.69, 9.17) is 13.9 Å². The van der Waals surface area contributed by atoms with Crippen LogP contribution >= 0.6 is 0 Å². The Kier molecular flexibility index (Phi) is 5.70. The molecule has 4 heterocycles. The highest BCUT2D eigenvalue weighted by Gasteiger charge is 2.19. The summed E-state index contributed by atoms with van der Waals surface area (Å²) in [6.07, 6.45) is 5.47. The number of hydrogen-bond donors (Lipinski definition) is 0. The first-order chi connectivity index (χ1) is 15.2. The first-order valence-electron chi connectivity index (χ1n) is 11.1. The van der Waals surface area contributed by atoms with Gasteiger partial charge in [0.2, 0.25) is 6.79 Å². The summed E-state index contributed by atoms with van der Waals surface area (Å²) >= 11 is 0. The van der Waals surface area contributed by atoms with Gasteiger partial charge in [0.15, 0.2) is 11.5 Å². The van der Waals surface area contributed by atoms with Gasteiger partial charge >= 0.3 is 0 Å². The summed E-state index contributed by atoms with van der Waals surface area (Å²) in [5, 5.41) is 1.00. The molecule has 164 valence electrons. The number of fused-ring (bicyclic) bond motifs is 2. The standard InChI is InChI=1S/C24H29N3O4/c1-25(16-20-6-5-11-29-20)15-19-12-18-13-22-23(31-17-30-22)14-21(18)27(24(19)28)10-9-26-7-3-2-4-8-26/h5-6,11-14H,2-4,7-10,15-17H2,1H3. The summed E-state index contributed by atoms with van der Waals surface area (Å²) in [6.45, 7) is 5.21. The van der Waals surface area contributed by atoms with Gasteiger partial charge in [-0.1, -0.05) is 6.42 Å². The molecule has 0 aliphatic carbocycles. The predicted molar refractivity (Wildman–Crippen MR) is 119 cm³/mol. The normalized spacial score (nSPS) is 16.5. The van der Waals surface area contributed by atoms with Gasteiger partial charge in [0.1, 0.15) is 5.76 Å². The van der Waals surface area contributed by atoms with Crippen LogP contribution in [0.25, 0.3) is 10.9 Å². The molecule has 2 aromatic heterocycles. The Hall–Kier alpha value is -2.77. The lowest BCUT2D eigenvalue weighted by atomic mass is 10.1. The smallest absolute Gasteiger partial charge is 0.255 e. The molecule has 2 aliphatic heterocycles. The first-order valence-corrected chi connectivity index (χ1v) is 11.1. The second kappa shape index (κ2) is 8.77. The highest BCUT2D eigenvalue weighted by atomic mass is 16.7. The van der Waals surface area contributed by atoms with Crippen LogP contribution in [0.3, 0.4) is 0 Å². The van der Waals surface area contributed by atoms with Gasteiger partial charge in [-0.3, -0.25) is 9.69 Å². The zero-order chi connectivity index (χ0) is 21.2. The molecule has 0 N–H and O–H groups in total. The van der Waals surface area contributed by atoms with Crippen LogP contribution in [-0.2, 0) is 19.6 Å². The van der Waals surface area contributed by atoms with Crippen molar-refractivity contribution in [2.45, 2.75) is 38.9 Å². The van der Waals surface area contributed by atoms with Crippen molar-refractivity contribution in [3.8, 4) is 11.5 Å². The van der Waals surface area contributed by atoms with Crippen LogP contribution in [0.1, 0.15) is 30.6 Å². The summed E-state index contributed by atoms with van der Waals surface area (Å²) in [5.41, 5.74) is 1.75. The van der Waals surface area contributed by atoms with Crippen LogP contribution in [-0.4, -0.2) is 47.8 Å². The zero-order valence-electron chi connectivity index (χ0n) is 18.0. The van der Waals surface area contributed by atoms with Gasteiger partial charge in [0.25, 0.3) is 5.56 Å². The molecule has 1 fully saturated rings. The van der Waals surface area contributed by atoms with E-state index >= 15 is 0 Å². The lowest BCUT2D eigenvalue weighted by Gasteiger charge is -2.27. The van der Waals surface area contributed by atoms with Crippen molar-refractivity contribution in [1.82, 2.24) is 14.4 Å². The van der Waals surface area contributed by atoms with E-state index in [0.29, 0.717) is 25.4 Å². The van der Waals surface area contributed by atoms with Gasteiger partial charge in [-0.05, 0) is 57.2 Å². The summed E-state index contributed by atoms with van der Waals surface area (Å²) in [5.74, 6) is 2.34. The molecule has 2 aliphatic rings. The van der Waals surface area contributed by atoms with E-state index in [0.717, 1.165) is 47.6 Å². The molecule has 0 spiro atoms. The monoisotopic (exact) mass is 423 g/mol. The first kappa shape index (κ1) is 20.2. The van der Waals surface area contributed by atoms with Crippen LogP contribution in [0, 0.1) is 0 Å². The highest BCUT2D eigenvalue weighted by Crippen LogP contribution is 2.36. The van der Waals surface area contributed by atoms with E-state index in [2.05, 4.69) is 9.80 Å². The number of hydrogen-bond acceptors (Lipinski definition) is 6. The minimum atomic E-state index is 0.0645. The third-order valence-corrected chi connectivity index (χ3v) is 6.20. The molecule has 5 rings (SSSR count). The fraction of sp³-hybridized carbons (Fsp3) is 0.458. The van der Waals surface area contributed by atoms with E-state index in [1.165, 1.54) is 19.3 Å². The maximum atomic E-state index is 13.5. The third kappa shape index (κ3) is 4.34. The molecular formula is C24H29N3O4. The van der Waals surface area contributed by atoms with Crippen LogP contribution < -0.4 is 15.0 Å². The number of likely N-dealkylation sites (tertiary alicyclic amines) is 1. The molecule has 0 bridgehead atoms. The van der Waals surface area contributed by atoms with E-state index in [9.17, 15) is 4.79 Å². The predicted octanol–water partition coefficient (Wildman–Crippen LogP) is 3.44. The van der Waals surface area contributed by atoms with Gasteiger partial charge in [0, 0.05) is 36.7 Å². The van der Waals surface area contributed by atoms with Crippen molar-refractivity contribution in [3.63, 3.8) is 0 Å². The number of nitrogens with zero attached hydrogens (tertiary/aromatic N) is 3. The van der Waals surface area contributed by atoms with E-state index in [1.807, 2.05) is 41.9 Å². The average Bonchev–Trinajstić information content (AvgIpc) is 3.45. The Labute approximate surface area is 181 Å². The number of rotatable bonds is 7. The molecule has 0 unspecified atom stereocenters. The lowest BCUT2D eigenvalue weighted by molar-refractivity contribution is 0.174. The molecule has 3 aromatic rings. The summed E-state index contributed by atoms with van der Waals surface area (Å²) in [6, 6.07) is 9.77. The van der Waals surface area contributed by atoms with Crippen molar-refractivity contribution < 1.29 is 13.9 Å². The average molecular weight is 424 g/mol. The molecule has 1 aromatic carbocycles. The largest absolute Gasteiger partial charge is 0.468 e. The minimum absolute atomic E-state index is 0.0645. The second-order valence-electron chi connectivity index (χ2n) is 8.54. The summed E-state index contributed by atoms with van der Waals surface area (Å²) in [4.78, 5) is 18.1. The number of furan rings is 1. The van der Waals surface area contributed by atoms with Crippen molar-refractivity contribution in [2.75, 3.05) is 33.5 Å². The van der Waals surface area contributed by atoms with Crippen LogP contribution in [0.4, 0.5) is 0 Å². The molecule has 0 atom stereocenters. The zero-order valence-corrected chi connectivity index (χ0v) is 18.0. The van der Waals surface area contributed by atoms with Gasteiger partial charge in [-0.25, -0.2) is 0 Å². The summed E-state index contributed by atoms with van der Waals surface area (Å²) < 4.78 is 18.5. The Bertz CT molecular complexity index is 1100. The van der Waals surface area contributed by atoms with Crippen LogP contribution in [0.15, 0.2) is 45.8 Å². The molecular weight excluding hydrogens is 394 g/mol. The van der Waals surface area contributed by atoms with Crippen molar-refractivity contribution in [3.05, 3.63) is 58.3 Å². The van der Waals surface area contributed by atoms with Crippen LogP contribution in [0.2, 0.25) is 0 Å². The van der Waals surface area contributed by atoms with Gasteiger partial charge in [-0.15, -0.1) is 0 Å². The van der Waals surface area contributed by atoms with Crippen LogP contribution in [0.5, 0.6) is 11.5 Å². The maximum absolute atomic E-state index is 13.5. The molecule has 1 saturated heterocycles. The van der Waals surface area contributed by atoms with Crippen molar-refractivity contribution in [2.24, 2.45) is 0 Å². The molecule has 7 nitrogen and oxygen atoms in total. The maximum Gasteiger partial charge on any atom is 0.255 e. The van der Waals surface area contributed by atoms with E-state index < -0.39 is 0 Å². The number of benzene rings is 1. The minimum Gasteiger partial charge on any atom is -0.468 e. The lowest BCUT2D eigenvalue weighted by Crippen LogP contribution is -2.36. The number of pyridine rings is 1.